The van der Waals surface area contributed by atoms with Crippen molar-refractivity contribution in [1.29, 1.82) is 0 Å². The van der Waals surface area contributed by atoms with Gasteiger partial charge in [-0.3, -0.25) is 4.40 Å². The summed E-state index contributed by atoms with van der Waals surface area (Å²) in [7, 11) is 0. The molecule has 94 valence electrons. The van der Waals surface area contributed by atoms with Crippen LogP contribution in [-0.4, -0.2) is 9.38 Å². The van der Waals surface area contributed by atoms with E-state index < -0.39 is 0 Å². The van der Waals surface area contributed by atoms with Gasteiger partial charge in [0.05, 0.1) is 5.69 Å². The zero-order valence-corrected chi connectivity index (χ0v) is 11.3. The maximum atomic E-state index is 4.81. The first-order valence-corrected chi connectivity index (χ1v) is 7.43. The van der Waals surface area contributed by atoms with Crippen molar-refractivity contribution < 1.29 is 0 Å². The monoisotopic (exact) mass is 266 g/mol. The number of hydrogen-bond acceptors (Lipinski definition) is 2. The van der Waals surface area contributed by atoms with Gasteiger partial charge in [-0.15, -0.1) is 0 Å². The van der Waals surface area contributed by atoms with Crippen molar-refractivity contribution in [3.8, 4) is 0 Å². The minimum absolute atomic E-state index is 0.672. The Hall–Kier alpha value is -1.74. The van der Waals surface area contributed by atoms with Crippen molar-refractivity contribution in [2.75, 3.05) is 0 Å². The van der Waals surface area contributed by atoms with E-state index in [0.29, 0.717) is 5.92 Å². The lowest BCUT2D eigenvalue weighted by molar-refractivity contribution is 0.954. The van der Waals surface area contributed by atoms with E-state index >= 15 is 0 Å². The third-order valence-corrected chi connectivity index (χ3v) is 4.54. The summed E-state index contributed by atoms with van der Waals surface area (Å²) in [6.07, 6.45) is 4.68. The number of fused-ring (bicyclic) bond motifs is 1. The summed E-state index contributed by atoms with van der Waals surface area (Å²) in [5.41, 5.74) is 2.34. The maximum Gasteiger partial charge on any atom is 0.137 e. The van der Waals surface area contributed by atoms with Crippen molar-refractivity contribution >= 4 is 17.4 Å². The number of benzene rings is 1. The molecular weight excluding hydrogens is 252 g/mol. The second-order valence-corrected chi connectivity index (χ2v) is 5.98. The molecule has 0 saturated heterocycles. The first kappa shape index (κ1) is 11.1. The van der Waals surface area contributed by atoms with Crippen LogP contribution < -0.4 is 0 Å². The number of aromatic nitrogens is 2. The van der Waals surface area contributed by atoms with Gasteiger partial charge in [-0.25, -0.2) is 4.98 Å². The van der Waals surface area contributed by atoms with Gasteiger partial charge in [0.1, 0.15) is 10.7 Å². The van der Waals surface area contributed by atoms with E-state index in [1.54, 1.807) is 0 Å². The van der Waals surface area contributed by atoms with Gasteiger partial charge in [-0.1, -0.05) is 36.0 Å². The van der Waals surface area contributed by atoms with E-state index in [0.717, 1.165) is 5.65 Å². The van der Waals surface area contributed by atoms with Crippen LogP contribution in [0.1, 0.15) is 24.5 Å². The summed E-state index contributed by atoms with van der Waals surface area (Å²) >= 11 is 1.82. The van der Waals surface area contributed by atoms with Crippen LogP contribution in [0.3, 0.4) is 0 Å². The molecule has 1 saturated carbocycles. The summed E-state index contributed by atoms with van der Waals surface area (Å²) in [6, 6.07) is 16.7. The molecule has 1 aromatic carbocycles. The molecule has 0 amide bonds. The highest BCUT2D eigenvalue weighted by molar-refractivity contribution is 7.99. The third-order valence-electron chi connectivity index (χ3n) is 3.43. The number of nitrogens with zero attached hydrogens (tertiary/aromatic N) is 2. The first-order chi connectivity index (χ1) is 9.42. The highest BCUT2D eigenvalue weighted by Gasteiger charge is 2.30. The van der Waals surface area contributed by atoms with Crippen LogP contribution in [0.5, 0.6) is 0 Å². The minimum Gasteiger partial charge on any atom is -0.294 e. The molecule has 2 nitrogen and oxygen atoms in total. The van der Waals surface area contributed by atoms with Crippen LogP contribution in [0.25, 0.3) is 5.65 Å². The van der Waals surface area contributed by atoms with E-state index in [1.807, 2.05) is 11.8 Å². The molecule has 1 fully saturated rings. The fourth-order valence-electron chi connectivity index (χ4n) is 2.32. The molecule has 2 aromatic heterocycles. The van der Waals surface area contributed by atoms with Gasteiger partial charge < -0.3 is 0 Å². The van der Waals surface area contributed by atoms with Gasteiger partial charge in [-0.05, 0) is 37.1 Å². The van der Waals surface area contributed by atoms with Crippen LogP contribution >= 0.6 is 11.8 Å². The summed E-state index contributed by atoms with van der Waals surface area (Å²) in [6.45, 7) is 0. The number of imidazole rings is 1. The molecular formula is C16H14N2S. The van der Waals surface area contributed by atoms with Crippen molar-refractivity contribution in [3.05, 3.63) is 60.4 Å². The normalized spacial score (nSPS) is 14.9. The molecule has 19 heavy (non-hydrogen) atoms. The molecule has 3 aromatic rings. The smallest absolute Gasteiger partial charge is 0.137 e. The van der Waals surface area contributed by atoms with Gasteiger partial charge in [0, 0.05) is 17.0 Å². The van der Waals surface area contributed by atoms with Gasteiger partial charge in [0.15, 0.2) is 0 Å². The molecule has 3 heteroatoms. The second-order valence-electron chi connectivity index (χ2n) is 4.92. The van der Waals surface area contributed by atoms with Crippen LogP contribution in [-0.2, 0) is 0 Å². The molecule has 2 heterocycles. The van der Waals surface area contributed by atoms with Gasteiger partial charge in [0.2, 0.25) is 0 Å². The topological polar surface area (TPSA) is 17.3 Å². The first-order valence-electron chi connectivity index (χ1n) is 6.62. The fraction of sp³-hybridized carbons (Fsp3) is 0.188. The molecule has 0 N–H and O–H groups in total. The standard InChI is InChI=1S/C16H14N2S/c1-2-6-13(7-3-1)19-16-15(12-9-10-12)17-14-8-4-5-11-18(14)16/h1-8,11-12H,9-10H2. The van der Waals surface area contributed by atoms with Crippen molar-refractivity contribution in [1.82, 2.24) is 9.38 Å². The predicted octanol–water partition coefficient (Wildman–Crippen LogP) is 4.36. The molecule has 0 unspecified atom stereocenters. The van der Waals surface area contributed by atoms with Crippen molar-refractivity contribution in [2.24, 2.45) is 0 Å². The van der Waals surface area contributed by atoms with Crippen molar-refractivity contribution in [3.63, 3.8) is 0 Å². The average Bonchev–Trinajstić information content (AvgIpc) is 3.24. The van der Waals surface area contributed by atoms with E-state index in [-0.39, 0.29) is 0 Å². The number of rotatable bonds is 3. The van der Waals surface area contributed by atoms with E-state index in [1.165, 1.54) is 28.5 Å². The largest absolute Gasteiger partial charge is 0.294 e. The zero-order chi connectivity index (χ0) is 12.7. The minimum atomic E-state index is 0.672. The second kappa shape index (κ2) is 4.42. The Morgan fingerprint density at radius 1 is 1.00 bits per heavy atom. The highest BCUT2D eigenvalue weighted by atomic mass is 32.2. The highest BCUT2D eigenvalue weighted by Crippen LogP contribution is 2.45. The van der Waals surface area contributed by atoms with E-state index in [4.69, 9.17) is 4.98 Å². The Kier molecular flexibility index (Phi) is 2.59. The molecule has 0 aliphatic heterocycles. The van der Waals surface area contributed by atoms with Gasteiger partial charge >= 0.3 is 0 Å². The summed E-state index contributed by atoms with van der Waals surface area (Å²) < 4.78 is 2.21. The van der Waals surface area contributed by atoms with Crippen LogP contribution in [0.4, 0.5) is 0 Å². The summed E-state index contributed by atoms with van der Waals surface area (Å²) in [5.74, 6) is 0.672. The van der Waals surface area contributed by atoms with E-state index in [9.17, 15) is 0 Å². The van der Waals surface area contributed by atoms with Crippen molar-refractivity contribution in [2.45, 2.75) is 28.7 Å². The molecule has 0 spiro atoms. The lowest BCUT2D eigenvalue weighted by atomic mass is 10.3. The lowest BCUT2D eigenvalue weighted by Crippen LogP contribution is -1.87. The van der Waals surface area contributed by atoms with Crippen LogP contribution in [0, 0.1) is 0 Å². The fourth-order valence-corrected chi connectivity index (χ4v) is 3.40. The number of pyridine rings is 1. The zero-order valence-electron chi connectivity index (χ0n) is 10.5. The molecule has 0 atom stereocenters. The Balaban J connectivity index is 1.84. The van der Waals surface area contributed by atoms with Gasteiger partial charge in [0.25, 0.3) is 0 Å². The molecule has 1 aliphatic carbocycles. The third kappa shape index (κ3) is 2.04. The Morgan fingerprint density at radius 2 is 1.79 bits per heavy atom. The molecule has 0 radical (unpaired) electrons. The molecule has 4 rings (SSSR count). The van der Waals surface area contributed by atoms with Gasteiger partial charge in [-0.2, -0.15) is 0 Å². The SMILES string of the molecule is c1ccc(Sc2c(C3CC3)nc3ccccn23)cc1. The van der Waals surface area contributed by atoms with E-state index in [2.05, 4.69) is 59.1 Å². The lowest BCUT2D eigenvalue weighted by Gasteiger charge is -2.04. The predicted molar refractivity (Wildman–Crippen MR) is 77.7 cm³/mol. The van der Waals surface area contributed by atoms with Crippen LogP contribution in [0.2, 0.25) is 0 Å². The average molecular weight is 266 g/mol. The Morgan fingerprint density at radius 3 is 2.58 bits per heavy atom. The Bertz CT molecular complexity index is 714. The summed E-state index contributed by atoms with van der Waals surface area (Å²) in [5, 5.41) is 1.28. The molecule has 1 aliphatic rings. The summed E-state index contributed by atoms with van der Waals surface area (Å²) in [4.78, 5) is 6.09. The Labute approximate surface area is 116 Å². The molecule has 0 bridgehead atoms. The van der Waals surface area contributed by atoms with Crippen LogP contribution in [0.15, 0.2) is 64.6 Å². The maximum absolute atomic E-state index is 4.81. The quantitative estimate of drug-likeness (QED) is 0.700. The number of hydrogen-bond donors (Lipinski definition) is 0.